The first-order valence-electron chi connectivity index (χ1n) is 15.8. The molecule has 20 nitrogen and oxygen atoms in total. The van der Waals surface area contributed by atoms with Gasteiger partial charge < -0.3 is 39.9 Å². The van der Waals surface area contributed by atoms with Crippen molar-refractivity contribution in [1.82, 2.24) is 0 Å². The number of hydrogen-bond acceptors (Lipinski definition) is 20. The molecule has 0 saturated carbocycles. The Morgan fingerprint density at radius 3 is 1.50 bits per heavy atom. The third-order valence-corrected chi connectivity index (χ3v) is 12.6. The van der Waals surface area contributed by atoms with Crippen molar-refractivity contribution in [2.75, 3.05) is 11.5 Å². The monoisotopic (exact) mass is 960 g/mol. The molecular formula is C34H24N6Na4O14S4. The van der Waals surface area contributed by atoms with Gasteiger partial charge in [0.15, 0.2) is 5.75 Å². The van der Waals surface area contributed by atoms with Crippen molar-refractivity contribution in [1.29, 1.82) is 5.53 Å². The van der Waals surface area contributed by atoms with E-state index in [-0.39, 0.29) is 135 Å². The SMILES string of the molecule is Cc1cc(-c2ccc(-c3ccc4c(S(=O)(=O)[O-])c(N=N)c(S(=O)(=O)[O-])c(N)c4c3O)c(C)c2)ccc1N=Nc1ccc2c(S(=O)(=O)[O-])cc(S(=O)(=O)[O-])c(N)c2c1O.[Na+].[Na+].[Na+].[Na+]. The molecule has 0 aliphatic carbocycles. The number of fused-ring (bicyclic) bond motifs is 2. The minimum atomic E-state index is -5.62. The molecule has 0 saturated heterocycles. The number of azo groups is 1. The van der Waals surface area contributed by atoms with Crippen molar-refractivity contribution >= 4 is 90.5 Å². The van der Waals surface area contributed by atoms with Gasteiger partial charge in [0.05, 0.1) is 37.1 Å². The number of hydrogen-bond donors (Lipinski definition) is 5. The second kappa shape index (κ2) is 20.2. The molecule has 0 aliphatic heterocycles. The van der Waals surface area contributed by atoms with Gasteiger partial charge in [-0.2, -0.15) is 10.2 Å². The van der Waals surface area contributed by atoms with Gasteiger partial charge in [0, 0.05) is 21.7 Å². The van der Waals surface area contributed by atoms with E-state index in [1.807, 2.05) is 0 Å². The van der Waals surface area contributed by atoms with Gasteiger partial charge in [-0.15, -0.1) is 5.11 Å². The smallest absolute Gasteiger partial charge is 0.744 e. The minimum Gasteiger partial charge on any atom is -0.744 e. The molecule has 0 bridgehead atoms. The predicted octanol–water partition coefficient (Wildman–Crippen LogP) is -6.77. The number of nitrogens with one attached hydrogen (secondary N) is 1. The van der Waals surface area contributed by atoms with Crippen LogP contribution in [0.1, 0.15) is 11.1 Å². The molecule has 0 fully saturated rings. The van der Waals surface area contributed by atoms with Crippen LogP contribution in [-0.4, -0.2) is 62.1 Å². The van der Waals surface area contributed by atoms with Crippen molar-refractivity contribution in [3.63, 3.8) is 0 Å². The molecule has 0 unspecified atom stereocenters. The van der Waals surface area contributed by atoms with Crippen LogP contribution in [0.15, 0.2) is 102 Å². The van der Waals surface area contributed by atoms with Gasteiger partial charge in [0.25, 0.3) is 0 Å². The molecule has 0 atom stereocenters. The van der Waals surface area contributed by atoms with E-state index in [0.29, 0.717) is 33.9 Å². The summed E-state index contributed by atoms with van der Waals surface area (Å²) in [5.41, 5.74) is 18.7. The Kier molecular flexibility index (Phi) is 18.2. The zero-order chi connectivity index (χ0) is 43.0. The molecule has 6 aromatic carbocycles. The summed E-state index contributed by atoms with van der Waals surface area (Å²) in [5.74, 6) is -1.63. The van der Waals surface area contributed by atoms with Gasteiger partial charge in [-0.3, -0.25) is 0 Å². The summed E-state index contributed by atoms with van der Waals surface area (Å²) in [4.78, 5) is -5.12. The number of phenolic OH excluding ortho intramolecular Hbond substituents is 2. The van der Waals surface area contributed by atoms with E-state index in [1.54, 1.807) is 50.2 Å². The average Bonchev–Trinajstić information content (AvgIpc) is 3.09. The van der Waals surface area contributed by atoms with Crippen LogP contribution in [-0.2, 0) is 40.5 Å². The van der Waals surface area contributed by atoms with Crippen LogP contribution < -0.4 is 130 Å². The first-order valence-corrected chi connectivity index (χ1v) is 21.4. The second-order valence-corrected chi connectivity index (χ2v) is 17.9. The standard InChI is InChI=1S/C34H28N6O14S4.4Na/c1-14-11-16(3-5-18(14)19-6-7-21-27(31(19)41)29(36)34(58(52,53)54)30(38-37)33(21)57(49,50)51)17-4-9-22(15(2)12-17)39-40-23-10-8-20-24(55(43,44)45)13-25(56(46,47)48)28(35)26(20)32(23)42;;;;/h3-13,37,41-42H,35-36H2,1-2H3,(H,43,44,45)(H,46,47,48)(H,49,50,51)(H,52,53,54);;;;/q;4*+1/p-4. The van der Waals surface area contributed by atoms with Crippen LogP contribution in [0.2, 0.25) is 0 Å². The zero-order valence-corrected chi connectivity index (χ0v) is 44.5. The van der Waals surface area contributed by atoms with Crippen LogP contribution in [0.3, 0.4) is 0 Å². The Morgan fingerprint density at radius 1 is 0.532 bits per heavy atom. The normalized spacial score (nSPS) is 12.0. The van der Waals surface area contributed by atoms with Gasteiger partial charge in [-0.05, 0) is 72.0 Å². The number of nitrogen functional groups attached to an aromatic ring is 2. The maximum atomic E-state index is 12.2. The number of aryl methyl sites for hydroxylation is 2. The fourth-order valence-corrected chi connectivity index (χ4v) is 9.55. The quantitative estimate of drug-likeness (QED) is 0.0389. The second-order valence-electron chi connectivity index (χ2n) is 12.6. The number of phenols is 2. The van der Waals surface area contributed by atoms with E-state index in [1.165, 1.54) is 6.07 Å². The maximum Gasteiger partial charge on any atom is 1.00 e. The fourth-order valence-electron chi connectivity index (χ4n) is 6.50. The number of benzene rings is 6. The predicted molar refractivity (Wildman–Crippen MR) is 201 cm³/mol. The number of anilines is 2. The van der Waals surface area contributed by atoms with E-state index >= 15 is 0 Å². The van der Waals surface area contributed by atoms with Gasteiger partial charge in [-0.1, -0.05) is 36.4 Å². The van der Waals surface area contributed by atoms with Gasteiger partial charge >= 0.3 is 118 Å². The Morgan fingerprint density at radius 2 is 1.00 bits per heavy atom. The number of aromatic hydroxyl groups is 2. The Labute approximate surface area is 442 Å². The van der Waals surface area contributed by atoms with Gasteiger partial charge in [0.2, 0.25) is 0 Å². The first-order chi connectivity index (χ1) is 26.8. The molecule has 302 valence electrons. The molecule has 0 heterocycles. The van der Waals surface area contributed by atoms with E-state index in [9.17, 15) is 62.1 Å². The Hall–Kier alpha value is -2.12. The third-order valence-electron chi connectivity index (χ3n) is 9.05. The summed E-state index contributed by atoms with van der Waals surface area (Å²) in [5, 5.41) is 30.9. The number of nitrogens with zero attached hydrogens (tertiary/aromatic N) is 3. The van der Waals surface area contributed by atoms with E-state index in [2.05, 4.69) is 15.3 Å². The van der Waals surface area contributed by atoms with Crippen molar-refractivity contribution < 1.29 is 180 Å². The number of rotatable bonds is 9. The maximum absolute atomic E-state index is 12.2. The van der Waals surface area contributed by atoms with E-state index in [4.69, 9.17) is 17.0 Å². The average molecular weight is 961 g/mol. The first kappa shape index (κ1) is 56.0. The van der Waals surface area contributed by atoms with E-state index < -0.39 is 110 Å². The third kappa shape index (κ3) is 10.6. The molecular weight excluding hydrogens is 937 g/mol. The number of nitrogens with two attached hydrogens (primary N) is 2. The molecule has 0 amide bonds. The fraction of sp³-hybridized carbons (Fsp3) is 0.0588. The summed E-state index contributed by atoms with van der Waals surface area (Å²) in [6.45, 7) is 3.32. The van der Waals surface area contributed by atoms with Crippen LogP contribution >= 0.6 is 0 Å². The molecule has 0 spiro atoms. The van der Waals surface area contributed by atoms with Crippen LogP contribution in [0.25, 0.3) is 43.8 Å². The van der Waals surface area contributed by atoms with Gasteiger partial charge in [-0.25, -0.2) is 39.2 Å². The summed E-state index contributed by atoms with van der Waals surface area (Å²) in [6, 6.07) is 14.5. The molecule has 0 radical (unpaired) electrons. The molecule has 6 rings (SSSR count). The molecule has 62 heavy (non-hydrogen) atoms. The summed E-state index contributed by atoms with van der Waals surface area (Å²) in [7, 11) is -21.9. The summed E-state index contributed by atoms with van der Waals surface area (Å²) in [6.07, 6.45) is 0. The Balaban J connectivity index is 0.00000331. The Bertz CT molecular complexity index is 3340. The van der Waals surface area contributed by atoms with Crippen molar-refractivity contribution in [3.05, 3.63) is 77.9 Å². The largest absolute Gasteiger partial charge is 1.00 e. The molecule has 0 aromatic heterocycles. The summed E-state index contributed by atoms with van der Waals surface area (Å²) < 4.78 is 144. The molecule has 28 heteroatoms. The summed E-state index contributed by atoms with van der Waals surface area (Å²) >= 11 is 0. The topological polar surface area (TPSA) is 382 Å². The van der Waals surface area contributed by atoms with Crippen molar-refractivity contribution in [3.8, 4) is 33.8 Å². The van der Waals surface area contributed by atoms with Crippen LogP contribution in [0.4, 0.5) is 28.4 Å². The van der Waals surface area contributed by atoms with E-state index in [0.717, 1.165) is 18.2 Å². The molecule has 6 aromatic rings. The van der Waals surface area contributed by atoms with Crippen molar-refractivity contribution in [2.45, 2.75) is 33.4 Å². The zero-order valence-electron chi connectivity index (χ0n) is 33.3. The molecule has 7 N–H and O–H groups in total. The van der Waals surface area contributed by atoms with Gasteiger partial charge in [0.1, 0.15) is 62.5 Å². The van der Waals surface area contributed by atoms with Crippen molar-refractivity contribution in [2.24, 2.45) is 15.3 Å². The minimum absolute atomic E-state index is 0. The van der Waals surface area contributed by atoms with Crippen LogP contribution in [0.5, 0.6) is 11.5 Å². The van der Waals surface area contributed by atoms with Crippen LogP contribution in [0, 0.1) is 19.4 Å². The molecule has 0 aliphatic rings.